The summed E-state index contributed by atoms with van der Waals surface area (Å²) in [6, 6.07) is 17.7. The van der Waals surface area contributed by atoms with Gasteiger partial charge in [0, 0.05) is 43.2 Å². The number of nitrogens with one attached hydrogen (secondary N) is 1. The number of aromatic nitrogens is 1. The molecule has 0 fully saturated rings. The third-order valence-corrected chi connectivity index (χ3v) is 4.31. The number of fused-ring (bicyclic) bond motifs is 1. The second kappa shape index (κ2) is 7.96. The second-order valence-corrected chi connectivity index (χ2v) is 6.14. The van der Waals surface area contributed by atoms with Crippen molar-refractivity contribution in [1.29, 1.82) is 0 Å². The van der Waals surface area contributed by atoms with Crippen LogP contribution in [0.5, 0.6) is 0 Å². The van der Waals surface area contributed by atoms with Crippen LogP contribution < -0.4 is 11.1 Å². The fourth-order valence-corrected chi connectivity index (χ4v) is 3.02. The Bertz CT molecular complexity index is 843. The predicted octanol–water partition coefficient (Wildman–Crippen LogP) is 2.34. The zero-order valence-electron chi connectivity index (χ0n) is 14.1. The standard InChI is InChI=1S/C20H23N3O2/c21-20(25)10-11-23-14-16(17-8-4-5-9-18(17)23)12-22-13-19(24)15-6-2-1-3-7-15/h1-9,14,19,22,24H,10-13H2,(H2,21,25)/t19-/m0/s1. The summed E-state index contributed by atoms with van der Waals surface area (Å²) < 4.78 is 2.06. The van der Waals surface area contributed by atoms with Crippen LogP contribution in [0.25, 0.3) is 10.9 Å². The maximum absolute atomic E-state index is 11.1. The summed E-state index contributed by atoms with van der Waals surface area (Å²) in [6.07, 6.45) is 1.83. The Hall–Kier alpha value is -2.63. The number of aryl methyl sites for hydroxylation is 1. The van der Waals surface area contributed by atoms with Crippen molar-refractivity contribution in [3.8, 4) is 0 Å². The highest BCUT2D eigenvalue weighted by Gasteiger charge is 2.10. The number of primary amides is 1. The van der Waals surface area contributed by atoms with Crippen LogP contribution in [0.2, 0.25) is 0 Å². The van der Waals surface area contributed by atoms with E-state index in [9.17, 15) is 9.90 Å². The van der Waals surface area contributed by atoms with Crippen molar-refractivity contribution >= 4 is 16.8 Å². The van der Waals surface area contributed by atoms with Gasteiger partial charge in [-0.3, -0.25) is 4.79 Å². The number of aliphatic hydroxyl groups is 1. The number of rotatable bonds is 8. The van der Waals surface area contributed by atoms with E-state index in [-0.39, 0.29) is 5.91 Å². The zero-order valence-corrected chi connectivity index (χ0v) is 14.1. The number of hydrogen-bond acceptors (Lipinski definition) is 3. The molecule has 3 rings (SSSR count). The van der Waals surface area contributed by atoms with Gasteiger partial charge >= 0.3 is 0 Å². The van der Waals surface area contributed by atoms with Crippen molar-refractivity contribution in [3.63, 3.8) is 0 Å². The monoisotopic (exact) mass is 337 g/mol. The maximum atomic E-state index is 11.1. The maximum Gasteiger partial charge on any atom is 0.219 e. The van der Waals surface area contributed by atoms with Crippen molar-refractivity contribution in [1.82, 2.24) is 9.88 Å². The zero-order chi connectivity index (χ0) is 17.6. The van der Waals surface area contributed by atoms with Crippen LogP contribution in [0, 0.1) is 0 Å². The minimum Gasteiger partial charge on any atom is -0.387 e. The third-order valence-electron chi connectivity index (χ3n) is 4.31. The second-order valence-electron chi connectivity index (χ2n) is 6.14. The fourth-order valence-electron chi connectivity index (χ4n) is 3.02. The molecular formula is C20H23N3O2. The van der Waals surface area contributed by atoms with Crippen molar-refractivity contribution < 1.29 is 9.90 Å². The molecule has 130 valence electrons. The highest BCUT2D eigenvalue weighted by molar-refractivity contribution is 5.84. The molecule has 0 saturated carbocycles. The van der Waals surface area contributed by atoms with Crippen molar-refractivity contribution in [3.05, 3.63) is 71.9 Å². The summed E-state index contributed by atoms with van der Waals surface area (Å²) >= 11 is 0. The third kappa shape index (κ3) is 4.26. The summed E-state index contributed by atoms with van der Waals surface area (Å²) in [5.41, 5.74) is 8.40. The van der Waals surface area contributed by atoms with Gasteiger partial charge in [-0.25, -0.2) is 0 Å². The van der Waals surface area contributed by atoms with Gasteiger partial charge in [0.25, 0.3) is 0 Å². The Morgan fingerprint density at radius 1 is 1.12 bits per heavy atom. The molecule has 1 heterocycles. The van der Waals surface area contributed by atoms with E-state index < -0.39 is 6.10 Å². The molecule has 3 aromatic rings. The summed E-state index contributed by atoms with van der Waals surface area (Å²) in [5, 5.41) is 14.7. The summed E-state index contributed by atoms with van der Waals surface area (Å²) in [4.78, 5) is 11.1. The van der Waals surface area contributed by atoms with Gasteiger partial charge in [0.1, 0.15) is 0 Å². The number of para-hydroxylation sites is 1. The van der Waals surface area contributed by atoms with Gasteiger partial charge in [-0.1, -0.05) is 48.5 Å². The predicted molar refractivity (Wildman–Crippen MR) is 98.9 cm³/mol. The minimum absolute atomic E-state index is 0.302. The molecule has 0 aliphatic rings. The lowest BCUT2D eigenvalue weighted by Gasteiger charge is -2.11. The number of aliphatic hydroxyl groups excluding tert-OH is 1. The van der Waals surface area contributed by atoms with Crippen LogP contribution >= 0.6 is 0 Å². The van der Waals surface area contributed by atoms with E-state index in [4.69, 9.17) is 5.73 Å². The molecule has 0 spiro atoms. The number of benzene rings is 2. The van der Waals surface area contributed by atoms with Crippen LogP contribution in [-0.2, 0) is 17.9 Å². The highest BCUT2D eigenvalue weighted by atomic mass is 16.3. The number of carbonyl (C=O) groups is 1. The van der Waals surface area contributed by atoms with Crippen LogP contribution in [0.1, 0.15) is 23.7 Å². The quantitative estimate of drug-likeness (QED) is 0.590. The SMILES string of the molecule is NC(=O)CCn1cc(CNC[C@H](O)c2ccccc2)c2ccccc21. The Balaban J connectivity index is 1.68. The summed E-state index contributed by atoms with van der Waals surface area (Å²) in [5.74, 6) is -0.302. The van der Waals surface area contributed by atoms with Crippen LogP contribution in [0.3, 0.4) is 0 Å². The number of amides is 1. The van der Waals surface area contributed by atoms with Gasteiger partial charge in [0.15, 0.2) is 0 Å². The van der Waals surface area contributed by atoms with Crippen LogP contribution in [-0.4, -0.2) is 22.1 Å². The molecule has 0 saturated heterocycles. The number of carbonyl (C=O) groups excluding carboxylic acids is 1. The summed E-state index contributed by atoms with van der Waals surface area (Å²) in [6.45, 7) is 1.70. The molecule has 0 aliphatic heterocycles. The molecule has 0 aliphatic carbocycles. The molecule has 25 heavy (non-hydrogen) atoms. The first-order valence-electron chi connectivity index (χ1n) is 8.44. The Labute approximate surface area is 147 Å². The molecule has 2 aromatic carbocycles. The molecule has 1 aromatic heterocycles. The lowest BCUT2D eigenvalue weighted by Crippen LogP contribution is -2.21. The molecule has 0 radical (unpaired) electrons. The smallest absolute Gasteiger partial charge is 0.219 e. The molecule has 5 heteroatoms. The van der Waals surface area contributed by atoms with Gasteiger partial charge in [-0.15, -0.1) is 0 Å². The first-order chi connectivity index (χ1) is 12.1. The van der Waals surface area contributed by atoms with E-state index in [1.807, 2.05) is 48.5 Å². The molecule has 4 N–H and O–H groups in total. The normalized spacial score (nSPS) is 12.4. The van der Waals surface area contributed by atoms with Gasteiger partial charge in [0.2, 0.25) is 5.91 Å². The van der Waals surface area contributed by atoms with Gasteiger partial charge < -0.3 is 20.7 Å². The molecule has 0 unspecified atom stereocenters. The van der Waals surface area contributed by atoms with Crippen molar-refractivity contribution in [2.75, 3.05) is 6.54 Å². The van der Waals surface area contributed by atoms with Gasteiger partial charge in [0.05, 0.1) is 6.10 Å². The molecule has 5 nitrogen and oxygen atoms in total. The van der Waals surface area contributed by atoms with Crippen molar-refractivity contribution in [2.24, 2.45) is 5.73 Å². The molecule has 1 amide bonds. The fraction of sp³-hybridized carbons (Fsp3) is 0.250. The Kier molecular flexibility index (Phi) is 5.48. The lowest BCUT2D eigenvalue weighted by molar-refractivity contribution is -0.118. The van der Waals surface area contributed by atoms with E-state index in [0.29, 0.717) is 26.1 Å². The first kappa shape index (κ1) is 17.2. The Morgan fingerprint density at radius 3 is 2.60 bits per heavy atom. The highest BCUT2D eigenvalue weighted by Crippen LogP contribution is 2.22. The van der Waals surface area contributed by atoms with Crippen LogP contribution in [0.15, 0.2) is 60.8 Å². The van der Waals surface area contributed by atoms with E-state index in [1.54, 1.807) is 0 Å². The van der Waals surface area contributed by atoms with E-state index in [0.717, 1.165) is 22.0 Å². The van der Waals surface area contributed by atoms with Crippen molar-refractivity contribution in [2.45, 2.75) is 25.6 Å². The average molecular weight is 337 g/mol. The molecular weight excluding hydrogens is 314 g/mol. The number of nitrogens with two attached hydrogens (primary N) is 1. The lowest BCUT2D eigenvalue weighted by atomic mass is 10.1. The molecule has 1 atom stereocenters. The Morgan fingerprint density at radius 2 is 1.84 bits per heavy atom. The topological polar surface area (TPSA) is 80.3 Å². The largest absolute Gasteiger partial charge is 0.387 e. The van der Waals surface area contributed by atoms with E-state index in [1.165, 1.54) is 0 Å². The van der Waals surface area contributed by atoms with Gasteiger partial charge in [-0.2, -0.15) is 0 Å². The van der Waals surface area contributed by atoms with Gasteiger partial charge in [-0.05, 0) is 17.2 Å². The molecule has 0 bridgehead atoms. The summed E-state index contributed by atoms with van der Waals surface area (Å²) in [7, 11) is 0. The average Bonchev–Trinajstić information content (AvgIpc) is 2.99. The van der Waals surface area contributed by atoms with E-state index >= 15 is 0 Å². The van der Waals surface area contributed by atoms with Crippen LogP contribution in [0.4, 0.5) is 0 Å². The van der Waals surface area contributed by atoms with E-state index in [2.05, 4.69) is 22.1 Å². The minimum atomic E-state index is -0.538. The number of nitrogens with zero attached hydrogens (tertiary/aromatic N) is 1. The number of hydrogen-bond donors (Lipinski definition) is 3. The first-order valence-corrected chi connectivity index (χ1v) is 8.44.